The van der Waals surface area contributed by atoms with Crippen LogP contribution in [0.1, 0.15) is 19.8 Å². The number of methoxy groups -OCH3 is 1. The number of benzene rings is 1. The summed E-state index contributed by atoms with van der Waals surface area (Å²) in [4.78, 5) is 11.2. The summed E-state index contributed by atoms with van der Waals surface area (Å²) >= 11 is 0. The standard InChI is InChI=1S/C13H19NO3/c1-3-4-8-14-11-6-5-7-12(9-11)17-13(15)10-16-2/h5-7,9,14H,3-4,8,10H2,1-2H3. The van der Waals surface area contributed by atoms with Crippen molar-refractivity contribution in [2.24, 2.45) is 0 Å². The number of hydrogen-bond donors (Lipinski definition) is 1. The molecule has 0 atom stereocenters. The molecule has 4 nitrogen and oxygen atoms in total. The zero-order valence-electron chi connectivity index (χ0n) is 10.4. The van der Waals surface area contributed by atoms with E-state index in [-0.39, 0.29) is 6.61 Å². The molecule has 0 heterocycles. The lowest BCUT2D eigenvalue weighted by Gasteiger charge is -2.08. The molecule has 17 heavy (non-hydrogen) atoms. The largest absolute Gasteiger partial charge is 0.425 e. The Bertz CT molecular complexity index is 352. The van der Waals surface area contributed by atoms with Gasteiger partial charge in [-0.3, -0.25) is 0 Å². The minimum absolute atomic E-state index is 0.0342. The van der Waals surface area contributed by atoms with Gasteiger partial charge in [0.25, 0.3) is 0 Å². The van der Waals surface area contributed by atoms with Crippen LogP contribution in [0.4, 0.5) is 5.69 Å². The summed E-state index contributed by atoms with van der Waals surface area (Å²) in [5, 5.41) is 3.27. The number of nitrogens with one attached hydrogen (secondary N) is 1. The number of anilines is 1. The molecule has 1 N–H and O–H groups in total. The third-order valence-electron chi connectivity index (χ3n) is 2.19. The van der Waals surface area contributed by atoms with Crippen LogP contribution in [0.25, 0.3) is 0 Å². The zero-order valence-corrected chi connectivity index (χ0v) is 10.4. The fourth-order valence-electron chi connectivity index (χ4n) is 1.36. The van der Waals surface area contributed by atoms with E-state index in [1.807, 2.05) is 18.2 Å². The second kappa shape index (κ2) is 7.68. The Hall–Kier alpha value is -1.55. The number of rotatable bonds is 7. The van der Waals surface area contributed by atoms with Crippen LogP contribution < -0.4 is 10.1 Å². The third-order valence-corrected chi connectivity index (χ3v) is 2.19. The van der Waals surface area contributed by atoms with Crippen LogP contribution in [0, 0.1) is 0 Å². The Morgan fingerprint density at radius 1 is 1.41 bits per heavy atom. The van der Waals surface area contributed by atoms with Crippen molar-refractivity contribution in [2.45, 2.75) is 19.8 Å². The Labute approximate surface area is 102 Å². The molecule has 0 fully saturated rings. The number of esters is 1. The van der Waals surface area contributed by atoms with Gasteiger partial charge in [0.1, 0.15) is 12.4 Å². The van der Waals surface area contributed by atoms with Crippen molar-refractivity contribution in [3.8, 4) is 5.75 Å². The summed E-state index contributed by atoms with van der Waals surface area (Å²) in [5.74, 6) is 0.145. The van der Waals surface area contributed by atoms with Gasteiger partial charge in [0, 0.05) is 25.4 Å². The molecule has 0 radical (unpaired) electrons. The molecule has 1 rings (SSSR count). The van der Waals surface area contributed by atoms with E-state index in [2.05, 4.69) is 12.2 Å². The van der Waals surface area contributed by atoms with E-state index < -0.39 is 5.97 Å². The molecule has 0 saturated carbocycles. The van der Waals surface area contributed by atoms with Gasteiger partial charge in [-0.05, 0) is 18.6 Å². The minimum Gasteiger partial charge on any atom is -0.425 e. The Morgan fingerprint density at radius 3 is 2.94 bits per heavy atom. The summed E-state index contributed by atoms with van der Waals surface area (Å²) in [6.07, 6.45) is 2.27. The molecular weight excluding hydrogens is 218 g/mol. The van der Waals surface area contributed by atoms with E-state index in [4.69, 9.17) is 9.47 Å². The highest BCUT2D eigenvalue weighted by Crippen LogP contribution is 2.17. The molecule has 0 saturated heterocycles. The van der Waals surface area contributed by atoms with Gasteiger partial charge in [-0.15, -0.1) is 0 Å². The summed E-state index contributed by atoms with van der Waals surface area (Å²) in [6, 6.07) is 7.36. The molecule has 1 aromatic carbocycles. The molecule has 94 valence electrons. The van der Waals surface area contributed by atoms with Crippen LogP contribution in [0.2, 0.25) is 0 Å². The third kappa shape index (κ3) is 5.36. The smallest absolute Gasteiger partial charge is 0.337 e. The minimum atomic E-state index is -0.391. The predicted molar refractivity (Wildman–Crippen MR) is 67.4 cm³/mol. The van der Waals surface area contributed by atoms with Gasteiger partial charge in [-0.2, -0.15) is 0 Å². The average molecular weight is 237 g/mol. The molecule has 0 bridgehead atoms. The first-order valence-corrected chi connectivity index (χ1v) is 5.79. The van der Waals surface area contributed by atoms with Crippen molar-refractivity contribution in [3.05, 3.63) is 24.3 Å². The van der Waals surface area contributed by atoms with E-state index in [1.165, 1.54) is 7.11 Å². The van der Waals surface area contributed by atoms with Crippen molar-refractivity contribution >= 4 is 11.7 Å². The van der Waals surface area contributed by atoms with Gasteiger partial charge in [-0.25, -0.2) is 4.79 Å². The molecule has 0 aromatic heterocycles. The Balaban J connectivity index is 2.50. The van der Waals surface area contributed by atoms with Gasteiger partial charge in [0.15, 0.2) is 0 Å². The van der Waals surface area contributed by atoms with E-state index in [9.17, 15) is 4.79 Å². The number of unbranched alkanes of at least 4 members (excludes halogenated alkanes) is 1. The zero-order chi connectivity index (χ0) is 12.5. The van der Waals surface area contributed by atoms with E-state index >= 15 is 0 Å². The summed E-state index contributed by atoms with van der Waals surface area (Å²) in [6.45, 7) is 3.03. The van der Waals surface area contributed by atoms with Gasteiger partial charge >= 0.3 is 5.97 Å². The maximum absolute atomic E-state index is 11.2. The molecule has 0 aliphatic heterocycles. The van der Waals surface area contributed by atoms with Crippen LogP contribution in [-0.4, -0.2) is 26.2 Å². The van der Waals surface area contributed by atoms with E-state index in [0.29, 0.717) is 5.75 Å². The first kappa shape index (κ1) is 13.5. The number of carbonyl (C=O) groups excluding carboxylic acids is 1. The van der Waals surface area contributed by atoms with Gasteiger partial charge < -0.3 is 14.8 Å². The lowest BCUT2D eigenvalue weighted by Crippen LogP contribution is -2.14. The fourth-order valence-corrected chi connectivity index (χ4v) is 1.36. The quantitative estimate of drug-likeness (QED) is 0.449. The van der Waals surface area contributed by atoms with E-state index in [1.54, 1.807) is 6.07 Å². The van der Waals surface area contributed by atoms with E-state index in [0.717, 1.165) is 25.1 Å². The molecular formula is C13H19NO3. The Morgan fingerprint density at radius 2 is 2.24 bits per heavy atom. The predicted octanol–water partition coefficient (Wildman–Crippen LogP) is 2.45. The Kier molecular flexibility index (Phi) is 6.10. The SMILES string of the molecule is CCCCNc1cccc(OC(=O)COC)c1. The van der Waals surface area contributed by atoms with Crippen LogP contribution in [0.15, 0.2) is 24.3 Å². The van der Waals surface area contributed by atoms with Crippen LogP contribution in [-0.2, 0) is 9.53 Å². The fraction of sp³-hybridized carbons (Fsp3) is 0.462. The molecule has 0 aliphatic rings. The van der Waals surface area contributed by atoms with Gasteiger partial charge in [-0.1, -0.05) is 19.4 Å². The first-order valence-electron chi connectivity index (χ1n) is 5.79. The monoisotopic (exact) mass is 237 g/mol. The average Bonchev–Trinajstić information content (AvgIpc) is 2.30. The van der Waals surface area contributed by atoms with Crippen LogP contribution in [0.5, 0.6) is 5.75 Å². The molecule has 0 aliphatic carbocycles. The number of hydrogen-bond acceptors (Lipinski definition) is 4. The maximum atomic E-state index is 11.2. The molecule has 4 heteroatoms. The van der Waals surface area contributed by atoms with Crippen molar-refractivity contribution in [1.29, 1.82) is 0 Å². The molecule has 0 amide bonds. The van der Waals surface area contributed by atoms with Gasteiger partial charge in [0.05, 0.1) is 0 Å². The second-order valence-corrected chi connectivity index (χ2v) is 3.72. The number of carbonyl (C=O) groups is 1. The number of ether oxygens (including phenoxy) is 2. The van der Waals surface area contributed by atoms with Crippen molar-refractivity contribution < 1.29 is 14.3 Å². The maximum Gasteiger partial charge on any atom is 0.337 e. The van der Waals surface area contributed by atoms with Crippen molar-refractivity contribution in [2.75, 3.05) is 25.6 Å². The normalized spacial score (nSPS) is 10.0. The van der Waals surface area contributed by atoms with Crippen molar-refractivity contribution in [1.82, 2.24) is 0 Å². The van der Waals surface area contributed by atoms with Crippen LogP contribution >= 0.6 is 0 Å². The summed E-state index contributed by atoms with van der Waals surface area (Å²) in [7, 11) is 1.46. The molecule has 0 unspecified atom stereocenters. The summed E-state index contributed by atoms with van der Waals surface area (Å²) in [5.41, 5.74) is 0.959. The van der Waals surface area contributed by atoms with Gasteiger partial charge in [0.2, 0.25) is 0 Å². The summed E-state index contributed by atoms with van der Waals surface area (Å²) < 4.78 is 9.79. The highest BCUT2D eigenvalue weighted by molar-refractivity contribution is 5.74. The topological polar surface area (TPSA) is 47.6 Å². The highest BCUT2D eigenvalue weighted by Gasteiger charge is 2.04. The molecule has 0 spiro atoms. The first-order chi connectivity index (χ1) is 8.26. The van der Waals surface area contributed by atoms with Crippen molar-refractivity contribution in [3.63, 3.8) is 0 Å². The lowest BCUT2D eigenvalue weighted by molar-refractivity contribution is -0.138. The molecule has 1 aromatic rings. The lowest BCUT2D eigenvalue weighted by atomic mass is 10.3. The highest BCUT2D eigenvalue weighted by atomic mass is 16.6. The van der Waals surface area contributed by atoms with Crippen LogP contribution in [0.3, 0.4) is 0 Å². The second-order valence-electron chi connectivity index (χ2n) is 3.72.